The standard InChI is InChI=1S/C49H85N3O14/c1-15-37-49(10,59)42(55)32(6)52(22-16-21-50-38(53)24-34-17-19-35(60-13)20-18-34)27-28(2)25-47(8,58)44(66-46-40(54)36(51(11)12)23-29(3)62-46)30(4)41(31(5)45(57)64-37)65-39-26-48(9,61-14)43(56)33(7)63-39/h17-20,28-33,36-37,39-44,46,54-56,58-59H,15-16,21-27H2,1-14H3,(H,50,53)/t28-,29-,30+,31-,32-,33+,36+,37-,39+,40-,41+,42-,43+,44-,46+,47-,48-,49-/m1/s1. The zero-order valence-corrected chi connectivity index (χ0v) is 42.1. The molecule has 0 bridgehead atoms. The number of likely N-dealkylation sites (N-methyl/N-ethyl adjacent to an activating group) is 1. The third kappa shape index (κ3) is 13.8. The summed E-state index contributed by atoms with van der Waals surface area (Å²) in [6.07, 6.45) is -8.29. The fourth-order valence-electron chi connectivity index (χ4n) is 10.4. The van der Waals surface area contributed by atoms with Crippen molar-refractivity contribution in [3.8, 4) is 5.75 Å². The minimum Gasteiger partial charge on any atom is -0.497 e. The molecule has 18 atom stereocenters. The Morgan fingerprint density at radius 1 is 0.939 bits per heavy atom. The van der Waals surface area contributed by atoms with E-state index in [0.29, 0.717) is 38.2 Å². The first-order valence-electron chi connectivity index (χ1n) is 24.0. The van der Waals surface area contributed by atoms with E-state index in [-0.39, 0.29) is 49.7 Å². The monoisotopic (exact) mass is 940 g/mol. The molecule has 66 heavy (non-hydrogen) atoms. The fourth-order valence-corrected chi connectivity index (χ4v) is 10.4. The van der Waals surface area contributed by atoms with Crippen LogP contribution in [-0.2, 0) is 44.4 Å². The molecule has 1 aromatic carbocycles. The predicted octanol–water partition coefficient (Wildman–Crippen LogP) is 3.03. The zero-order chi connectivity index (χ0) is 49.5. The highest BCUT2D eigenvalue weighted by molar-refractivity contribution is 5.78. The molecule has 3 heterocycles. The molecule has 1 amide bonds. The average Bonchev–Trinajstić information content (AvgIpc) is 3.25. The third-order valence-corrected chi connectivity index (χ3v) is 14.5. The summed E-state index contributed by atoms with van der Waals surface area (Å²) in [7, 11) is 6.84. The zero-order valence-electron chi connectivity index (χ0n) is 42.1. The molecule has 0 spiro atoms. The topological polar surface area (TPSA) is 218 Å². The van der Waals surface area contributed by atoms with E-state index in [1.165, 1.54) is 14.0 Å². The molecule has 3 fully saturated rings. The van der Waals surface area contributed by atoms with Gasteiger partial charge in [0.15, 0.2) is 12.6 Å². The number of aliphatic hydroxyl groups is 5. The molecular formula is C49H85N3O14. The van der Waals surface area contributed by atoms with E-state index in [4.69, 9.17) is 33.2 Å². The summed E-state index contributed by atoms with van der Waals surface area (Å²) >= 11 is 0. The number of esters is 1. The largest absolute Gasteiger partial charge is 0.497 e. The molecule has 380 valence electrons. The Kier molecular flexibility index (Phi) is 20.3. The SMILES string of the molecule is CC[C@H]1OC(=O)[C@H](C)[C@@H](O[C@H]2C[C@@](C)(OC)[C@@H](O)[C@H](C)O2)[C@H](C)[C@@H](O[C@@H]2O[C@H](C)C[C@H](N(C)C)[C@H]2O)[C@](C)(O)C[C@@H](C)CN(CCCNC(=O)Cc2ccc(OC)cc2)[C@H](C)[C@@H](O)[C@]1(C)O. The van der Waals surface area contributed by atoms with Gasteiger partial charge in [0, 0.05) is 51.2 Å². The van der Waals surface area contributed by atoms with Crippen LogP contribution in [0.5, 0.6) is 5.75 Å². The molecule has 0 unspecified atom stereocenters. The number of cyclic esters (lactones) is 1. The number of hydrogen-bond donors (Lipinski definition) is 6. The summed E-state index contributed by atoms with van der Waals surface area (Å²) in [6.45, 7) is 18.6. The van der Waals surface area contributed by atoms with E-state index in [9.17, 15) is 35.1 Å². The third-order valence-electron chi connectivity index (χ3n) is 14.5. The summed E-state index contributed by atoms with van der Waals surface area (Å²) in [5, 5.41) is 62.8. The lowest BCUT2D eigenvalue weighted by Gasteiger charge is -2.48. The lowest BCUT2D eigenvalue weighted by Crippen LogP contribution is -2.60. The second-order valence-electron chi connectivity index (χ2n) is 20.4. The van der Waals surface area contributed by atoms with Crippen molar-refractivity contribution in [2.45, 2.75) is 198 Å². The Morgan fingerprint density at radius 3 is 2.18 bits per heavy atom. The minimum atomic E-state index is -1.91. The van der Waals surface area contributed by atoms with Crippen molar-refractivity contribution < 1.29 is 68.3 Å². The van der Waals surface area contributed by atoms with Gasteiger partial charge in [-0.25, -0.2) is 0 Å². The lowest BCUT2D eigenvalue weighted by molar-refractivity contribution is -0.318. The molecule has 0 aliphatic carbocycles. The average molecular weight is 940 g/mol. The summed E-state index contributed by atoms with van der Waals surface area (Å²) in [5.74, 6) is -2.31. The van der Waals surface area contributed by atoms with E-state index in [2.05, 4.69) is 5.32 Å². The minimum absolute atomic E-state index is 0.101. The van der Waals surface area contributed by atoms with Gasteiger partial charge in [-0.1, -0.05) is 32.9 Å². The van der Waals surface area contributed by atoms with E-state index in [1.54, 1.807) is 48.7 Å². The second kappa shape index (κ2) is 23.9. The van der Waals surface area contributed by atoms with Crippen LogP contribution in [0.1, 0.15) is 107 Å². The number of nitrogens with one attached hydrogen (secondary N) is 1. The molecule has 3 aliphatic heterocycles. The van der Waals surface area contributed by atoms with Gasteiger partial charge in [-0.15, -0.1) is 0 Å². The molecular weight excluding hydrogens is 855 g/mol. The van der Waals surface area contributed by atoms with Crippen LogP contribution >= 0.6 is 0 Å². The number of ether oxygens (including phenoxy) is 7. The maximum Gasteiger partial charge on any atom is 0.311 e. The van der Waals surface area contributed by atoms with Crippen molar-refractivity contribution in [3.63, 3.8) is 0 Å². The first kappa shape index (κ1) is 56.1. The highest BCUT2D eigenvalue weighted by Crippen LogP contribution is 2.40. The Bertz CT molecular complexity index is 1670. The molecule has 4 rings (SSSR count). The highest BCUT2D eigenvalue weighted by atomic mass is 16.7. The number of hydrogen-bond acceptors (Lipinski definition) is 16. The molecule has 0 radical (unpaired) electrons. The summed E-state index contributed by atoms with van der Waals surface area (Å²) in [6, 6.07) is 6.31. The molecule has 3 saturated heterocycles. The Balaban J connectivity index is 1.73. The van der Waals surface area contributed by atoms with Crippen molar-refractivity contribution in [3.05, 3.63) is 29.8 Å². The molecule has 0 saturated carbocycles. The van der Waals surface area contributed by atoms with Crippen LogP contribution in [0, 0.1) is 17.8 Å². The number of aliphatic hydroxyl groups excluding tert-OH is 3. The molecule has 6 N–H and O–H groups in total. The Labute approximate surface area is 393 Å². The Morgan fingerprint density at radius 2 is 1.59 bits per heavy atom. The number of methoxy groups -OCH3 is 2. The summed E-state index contributed by atoms with van der Waals surface area (Å²) in [4.78, 5) is 31.4. The summed E-state index contributed by atoms with van der Waals surface area (Å²) in [5.41, 5.74) is -3.78. The first-order valence-corrected chi connectivity index (χ1v) is 24.0. The van der Waals surface area contributed by atoms with Gasteiger partial charge in [0.05, 0.1) is 55.1 Å². The number of nitrogens with zero attached hydrogens (tertiary/aromatic N) is 2. The molecule has 17 heteroatoms. The molecule has 1 aromatic rings. The highest BCUT2D eigenvalue weighted by Gasteiger charge is 2.53. The van der Waals surface area contributed by atoms with Crippen molar-refractivity contribution in [1.29, 1.82) is 0 Å². The maximum absolute atomic E-state index is 14.5. The van der Waals surface area contributed by atoms with Crippen LogP contribution in [0.2, 0.25) is 0 Å². The molecule has 17 nitrogen and oxygen atoms in total. The first-order chi connectivity index (χ1) is 30.8. The van der Waals surface area contributed by atoms with Crippen molar-refractivity contribution in [1.82, 2.24) is 15.1 Å². The van der Waals surface area contributed by atoms with Gasteiger partial charge in [-0.05, 0) is 112 Å². The molecule has 3 aliphatic rings. The van der Waals surface area contributed by atoms with E-state index >= 15 is 0 Å². The Hall–Kier alpha value is -2.52. The van der Waals surface area contributed by atoms with Gasteiger partial charge in [-0.3, -0.25) is 14.5 Å². The van der Waals surface area contributed by atoms with Crippen molar-refractivity contribution >= 4 is 11.9 Å². The van der Waals surface area contributed by atoms with Crippen molar-refractivity contribution in [2.24, 2.45) is 17.8 Å². The van der Waals surface area contributed by atoms with Crippen molar-refractivity contribution in [2.75, 3.05) is 47.9 Å². The summed E-state index contributed by atoms with van der Waals surface area (Å²) < 4.78 is 43.3. The van der Waals surface area contributed by atoms with E-state index in [0.717, 1.165) is 5.56 Å². The fraction of sp³-hybridized carbons (Fsp3) is 0.837. The lowest BCUT2D eigenvalue weighted by atomic mass is 9.77. The quantitative estimate of drug-likeness (QED) is 0.117. The maximum atomic E-state index is 14.5. The normalized spacial score (nSPS) is 41.4. The number of carbonyl (C=O) groups excluding carboxylic acids is 2. The van der Waals surface area contributed by atoms with Gasteiger partial charge in [-0.2, -0.15) is 0 Å². The van der Waals surface area contributed by atoms with Crippen LogP contribution in [0.3, 0.4) is 0 Å². The number of rotatable bonds is 14. The predicted molar refractivity (Wildman–Crippen MR) is 247 cm³/mol. The molecule has 0 aromatic heterocycles. The van der Waals surface area contributed by atoms with Gasteiger partial charge < -0.3 is 68.9 Å². The number of benzene rings is 1. The van der Waals surface area contributed by atoms with Gasteiger partial charge in [0.2, 0.25) is 5.91 Å². The van der Waals surface area contributed by atoms with Crippen LogP contribution in [0.4, 0.5) is 0 Å². The smallest absolute Gasteiger partial charge is 0.311 e. The number of amides is 1. The second-order valence-corrected chi connectivity index (χ2v) is 20.4. The van der Waals surface area contributed by atoms with Crippen LogP contribution in [0.25, 0.3) is 0 Å². The van der Waals surface area contributed by atoms with Gasteiger partial charge in [0.25, 0.3) is 0 Å². The van der Waals surface area contributed by atoms with E-state index < -0.39 is 96.0 Å². The van der Waals surface area contributed by atoms with Crippen LogP contribution in [-0.4, -0.2) is 185 Å². The number of carbonyl (C=O) groups is 2. The van der Waals surface area contributed by atoms with Crippen LogP contribution in [0.15, 0.2) is 24.3 Å². The van der Waals surface area contributed by atoms with Gasteiger partial charge >= 0.3 is 5.97 Å². The van der Waals surface area contributed by atoms with Crippen LogP contribution < -0.4 is 10.1 Å². The van der Waals surface area contributed by atoms with Gasteiger partial charge in [0.1, 0.15) is 35.8 Å². The van der Waals surface area contributed by atoms with E-state index in [1.807, 2.05) is 68.9 Å².